The molecule has 0 unspecified atom stereocenters. The van der Waals surface area contributed by atoms with Gasteiger partial charge in [0.1, 0.15) is 5.69 Å². The van der Waals surface area contributed by atoms with Crippen molar-refractivity contribution in [3.05, 3.63) is 33.3 Å². The maximum atomic E-state index is 12.8. The van der Waals surface area contributed by atoms with E-state index in [9.17, 15) is 4.79 Å². The number of rotatable bonds is 4. The summed E-state index contributed by atoms with van der Waals surface area (Å²) in [7, 11) is 1.81. The molecule has 0 atom stereocenters. The lowest BCUT2D eigenvalue weighted by Crippen LogP contribution is -2.48. The zero-order valence-corrected chi connectivity index (χ0v) is 16.9. The maximum Gasteiger partial charge on any atom is 0.273 e. The summed E-state index contributed by atoms with van der Waals surface area (Å²) in [5.41, 5.74) is 3.97. The summed E-state index contributed by atoms with van der Waals surface area (Å²) in [6.45, 7) is 11.1. The van der Waals surface area contributed by atoms with Crippen molar-refractivity contribution in [2.24, 2.45) is 7.05 Å². The van der Waals surface area contributed by atoms with Gasteiger partial charge >= 0.3 is 0 Å². The van der Waals surface area contributed by atoms with Gasteiger partial charge in [0.2, 0.25) is 0 Å². The van der Waals surface area contributed by atoms with Gasteiger partial charge < -0.3 is 4.90 Å². The van der Waals surface area contributed by atoms with Crippen LogP contribution in [-0.2, 0) is 20.1 Å². The summed E-state index contributed by atoms with van der Waals surface area (Å²) < 4.78 is 4.48. The second-order valence-corrected chi connectivity index (χ2v) is 7.30. The van der Waals surface area contributed by atoms with Gasteiger partial charge in [-0.05, 0) is 36.7 Å². The summed E-state index contributed by atoms with van der Waals surface area (Å²) in [6, 6.07) is 0. The first kappa shape index (κ1) is 18.1. The molecule has 1 aliphatic heterocycles. The van der Waals surface area contributed by atoms with E-state index in [2.05, 4.69) is 44.9 Å². The molecule has 1 saturated heterocycles. The zero-order valence-electron chi connectivity index (χ0n) is 15.3. The molecule has 8 heteroatoms. The number of nitrogens with zero attached hydrogens (tertiary/aromatic N) is 6. The van der Waals surface area contributed by atoms with Crippen molar-refractivity contribution < 1.29 is 4.79 Å². The predicted octanol–water partition coefficient (Wildman–Crippen LogP) is 1.97. The molecule has 1 fully saturated rings. The average molecular weight is 409 g/mol. The molecule has 0 spiro atoms. The standard InChI is InChI=1S/C17H25BrN6O/c1-5-24-13(3)14(10-19-24)11-22-6-8-23(9-7-22)17(25)16-15(18)12(2)20-21(16)4/h10H,5-9,11H2,1-4H3. The summed E-state index contributed by atoms with van der Waals surface area (Å²) in [5.74, 6) is 0.0459. The van der Waals surface area contributed by atoms with Crippen LogP contribution in [0, 0.1) is 13.8 Å². The van der Waals surface area contributed by atoms with Crippen molar-refractivity contribution in [2.75, 3.05) is 26.2 Å². The monoisotopic (exact) mass is 408 g/mol. The normalized spacial score (nSPS) is 15.8. The number of carbonyl (C=O) groups is 1. The number of amides is 1. The average Bonchev–Trinajstić information content (AvgIpc) is 3.07. The van der Waals surface area contributed by atoms with Gasteiger partial charge in [-0.25, -0.2) is 0 Å². The van der Waals surface area contributed by atoms with E-state index >= 15 is 0 Å². The van der Waals surface area contributed by atoms with Gasteiger partial charge in [0.25, 0.3) is 5.91 Å². The fourth-order valence-corrected chi connectivity index (χ4v) is 3.83. The molecule has 7 nitrogen and oxygen atoms in total. The Morgan fingerprint density at radius 2 is 1.92 bits per heavy atom. The largest absolute Gasteiger partial charge is 0.335 e. The lowest BCUT2D eigenvalue weighted by Gasteiger charge is -2.34. The molecule has 0 bridgehead atoms. The molecule has 0 aliphatic carbocycles. The Bertz CT molecular complexity index is 772. The lowest BCUT2D eigenvalue weighted by molar-refractivity contribution is 0.0616. The van der Waals surface area contributed by atoms with Crippen LogP contribution in [0.3, 0.4) is 0 Å². The number of aryl methyl sites for hydroxylation is 3. The van der Waals surface area contributed by atoms with Crippen molar-refractivity contribution in [3.8, 4) is 0 Å². The van der Waals surface area contributed by atoms with Gasteiger partial charge in [-0.15, -0.1) is 0 Å². The Morgan fingerprint density at radius 3 is 2.44 bits per heavy atom. The minimum atomic E-state index is 0.0459. The highest BCUT2D eigenvalue weighted by atomic mass is 79.9. The smallest absolute Gasteiger partial charge is 0.273 e. The van der Waals surface area contributed by atoms with Crippen LogP contribution in [-0.4, -0.2) is 61.4 Å². The van der Waals surface area contributed by atoms with E-state index in [-0.39, 0.29) is 5.91 Å². The molecule has 0 radical (unpaired) electrons. The van der Waals surface area contributed by atoms with Crippen molar-refractivity contribution in [1.82, 2.24) is 29.4 Å². The van der Waals surface area contributed by atoms with E-state index in [4.69, 9.17) is 0 Å². The third-order valence-electron chi connectivity index (χ3n) is 4.91. The van der Waals surface area contributed by atoms with Crippen molar-refractivity contribution >= 4 is 21.8 Å². The Morgan fingerprint density at radius 1 is 1.24 bits per heavy atom. The van der Waals surface area contributed by atoms with E-state index < -0.39 is 0 Å². The zero-order chi connectivity index (χ0) is 18.1. The molecule has 2 aromatic rings. The van der Waals surface area contributed by atoms with Gasteiger partial charge in [-0.2, -0.15) is 10.2 Å². The number of hydrogen-bond donors (Lipinski definition) is 0. The molecule has 25 heavy (non-hydrogen) atoms. The van der Waals surface area contributed by atoms with Crippen LogP contribution in [0.25, 0.3) is 0 Å². The second kappa shape index (κ2) is 7.29. The molecule has 3 rings (SSSR count). The molecule has 1 aliphatic rings. The molecule has 3 heterocycles. The molecule has 136 valence electrons. The van der Waals surface area contributed by atoms with Crippen LogP contribution >= 0.6 is 15.9 Å². The summed E-state index contributed by atoms with van der Waals surface area (Å²) >= 11 is 3.49. The fraction of sp³-hybridized carbons (Fsp3) is 0.588. The molecule has 2 aromatic heterocycles. The first-order valence-corrected chi connectivity index (χ1v) is 9.43. The third kappa shape index (κ3) is 3.50. The number of aromatic nitrogens is 4. The molecule has 1 amide bonds. The van der Waals surface area contributed by atoms with Gasteiger partial charge in [0, 0.05) is 57.6 Å². The number of halogens is 1. The SMILES string of the molecule is CCn1ncc(CN2CCN(C(=O)c3c(Br)c(C)nn3C)CC2)c1C. The lowest BCUT2D eigenvalue weighted by atomic mass is 10.2. The second-order valence-electron chi connectivity index (χ2n) is 6.51. The Labute approximate surface area is 156 Å². The predicted molar refractivity (Wildman–Crippen MR) is 99.5 cm³/mol. The van der Waals surface area contributed by atoms with E-state index in [1.807, 2.05) is 29.7 Å². The molecule has 0 aromatic carbocycles. The van der Waals surface area contributed by atoms with Gasteiger partial charge in [-0.3, -0.25) is 19.1 Å². The first-order valence-electron chi connectivity index (χ1n) is 8.64. The highest BCUT2D eigenvalue weighted by Crippen LogP contribution is 2.22. The van der Waals surface area contributed by atoms with Crippen LogP contribution < -0.4 is 0 Å². The molecule has 0 saturated carbocycles. The van der Waals surface area contributed by atoms with E-state index in [1.165, 1.54) is 11.3 Å². The topological polar surface area (TPSA) is 59.2 Å². The highest BCUT2D eigenvalue weighted by molar-refractivity contribution is 9.10. The fourth-order valence-electron chi connectivity index (χ4n) is 3.32. The first-order chi connectivity index (χ1) is 11.9. The van der Waals surface area contributed by atoms with Crippen LogP contribution in [0.5, 0.6) is 0 Å². The summed E-state index contributed by atoms with van der Waals surface area (Å²) in [6.07, 6.45) is 1.96. The number of carbonyl (C=O) groups excluding carboxylic acids is 1. The minimum Gasteiger partial charge on any atom is -0.335 e. The third-order valence-corrected chi connectivity index (χ3v) is 5.86. The quantitative estimate of drug-likeness (QED) is 0.775. The van der Waals surface area contributed by atoms with E-state index in [0.29, 0.717) is 5.69 Å². The summed E-state index contributed by atoms with van der Waals surface area (Å²) in [5, 5.41) is 8.73. The van der Waals surface area contributed by atoms with E-state index in [1.54, 1.807) is 4.68 Å². The summed E-state index contributed by atoms with van der Waals surface area (Å²) in [4.78, 5) is 17.1. The number of hydrogen-bond acceptors (Lipinski definition) is 4. The minimum absolute atomic E-state index is 0.0459. The van der Waals surface area contributed by atoms with Crippen molar-refractivity contribution in [1.29, 1.82) is 0 Å². The molecular formula is C17H25BrN6O. The maximum absolute atomic E-state index is 12.8. The Hall–Kier alpha value is -1.67. The van der Waals surface area contributed by atoms with Crippen molar-refractivity contribution in [3.63, 3.8) is 0 Å². The number of piperazine rings is 1. The molecular weight excluding hydrogens is 384 g/mol. The Kier molecular flexibility index (Phi) is 5.29. The van der Waals surface area contributed by atoms with Crippen LogP contribution in [0.4, 0.5) is 0 Å². The molecule has 0 N–H and O–H groups in total. The van der Waals surface area contributed by atoms with Crippen LogP contribution in [0.15, 0.2) is 10.7 Å². The Balaban J connectivity index is 1.61. The van der Waals surface area contributed by atoms with Crippen LogP contribution in [0.2, 0.25) is 0 Å². The van der Waals surface area contributed by atoms with Crippen molar-refractivity contribution in [2.45, 2.75) is 33.9 Å². The van der Waals surface area contributed by atoms with Gasteiger partial charge in [0.05, 0.1) is 16.4 Å². The van der Waals surface area contributed by atoms with Crippen LogP contribution in [0.1, 0.15) is 34.4 Å². The van der Waals surface area contributed by atoms with Gasteiger partial charge in [-0.1, -0.05) is 0 Å². The van der Waals surface area contributed by atoms with E-state index in [0.717, 1.165) is 49.4 Å². The van der Waals surface area contributed by atoms with Gasteiger partial charge in [0.15, 0.2) is 0 Å². The highest BCUT2D eigenvalue weighted by Gasteiger charge is 2.27.